The van der Waals surface area contributed by atoms with Crippen molar-refractivity contribution in [1.82, 2.24) is 0 Å². The van der Waals surface area contributed by atoms with Gasteiger partial charge in [0.25, 0.3) is 0 Å². The number of aliphatic hydroxyl groups is 1. The van der Waals surface area contributed by atoms with E-state index in [1.807, 2.05) is 18.2 Å². The first-order valence-electron chi connectivity index (χ1n) is 5.49. The van der Waals surface area contributed by atoms with Gasteiger partial charge in [-0.15, -0.1) is 0 Å². The Labute approximate surface area is 95.0 Å². The van der Waals surface area contributed by atoms with Gasteiger partial charge < -0.3 is 9.84 Å². The molecule has 1 atom stereocenters. The molecule has 3 heteroatoms. The quantitative estimate of drug-likeness (QED) is 0.768. The number of benzene rings is 1. The smallest absolute Gasteiger partial charge is 0.308 e. The van der Waals surface area contributed by atoms with E-state index >= 15 is 0 Å². The standard InChI is InChI=1S/C13H16O3/c1-16-12(14)9-13(15)7-6-10-4-2-3-5-11(10)8-13/h2-5,15H,6-9H2,1H3. The number of hydrogen-bond donors (Lipinski definition) is 1. The zero-order valence-corrected chi connectivity index (χ0v) is 9.40. The molecule has 0 saturated heterocycles. The third kappa shape index (κ3) is 2.25. The zero-order chi connectivity index (χ0) is 11.6. The molecule has 1 N–H and O–H groups in total. The minimum Gasteiger partial charge on any atom is -0.469 e. The Morgan fingerprint density at radius 1 is 1.44 bits per heavy atom. The molecule has 0 spiro atoms. The Morgan fingerprint density at radius 3 is 2.81 bits per heavy atom. The number of carbonyl (C=O) groups excluding carboxylic acids is 1. The van der Waals surface area contributed by atoms with Crippen LogP contribution in [0.1, 0.15) is 24.0 Å². The van der Waals surface area contributed by atoms with Gasteiger partial charge in [-0.25, -0.2) is 0 Å². The van der Waals surface area contributed by atoms with Gasteiger partial charge in [0, 0.05) is 6.42 Å². The molecule has 0 saturated carbocycles. The molecule has 16 heavy (non-hydrogen) atoms. The minimum atomic E-state index is -0.929. The number of ether oxygens (including phenoxy) is 1. The number of esters is 1. The van der Waals surface area contributed by atoms with E-state index in [9.17, 15) is 9.90 Å². The monoisotopic (exact) mass is 220 g/mol. The SMILES string of the molecule is COC(=O)CC1(O)CCc2ccccc2C1. The molecule has 1 unspecified atom stereocenters. The molecule has 0 aliphatic heterocycles. The molecule has 1 aliphatic carbocycles. The molecule has 86 valence electrons. The van der Waals surface area contributed by atoms with Crippen LogP contribution in [0.4, 0.5) is 0 Å². The summed E-state index contributed by atoms with van der Waals surface area (Å²) in [4.78, 5) is 11.2. The Bertz CT molecular complexity index is 400. The lowest BCUT2D eigenvalue weighted by atomic mass is 9.79. The summed E-state index contributed by atoms with van der Waals surface area (Å²) >= 11 is 0. The molecular formula is C13H16O3. The minimum absolute atomic E-state index is 0.0812. The van der Waals surface area contributed by atoms with Crippen LogP contribution in [0.2, 0.25) is 0 Å². The average molecular weight is 220 g/mol. The lowest BCUT2D eigenvalue weighted by molar-refractivity contribution is -0.146. The first-order valence-corrected chi connectivity index (χ1v) is 5.49. The highest BCUT2D eigenvalue weighted by atomic mass is 16.5. The first-order chi connectivity index (χ1) is 7.63. The molecule has 0 aromatic heterocycles. The fraction of sp³-hybridized carbons (Fsp3) is 0.462. The van der Waals surface area contributed by atoms with Crippen LogP contribution >= 0.6 is 0 Å². The fourth-order valence-corrected chi connectivity index (χ4v) is 2.28. The van der Waals surface area contributed by atoms with Gasteiger partial charge in [-0.2, -0.15) is 0 Å². The van der Waals surface area contributed by atoms with E-state index < -0.39 is 5.60 Å². The maximum absolute atomic E-state index is 11.2. The number of fused-ring (bicyclic) bond motifs is 1. The number of rotatable bonds is 2. The largest absolute Gasteiger partial charge is 0.469 e. The molecule has 0 fully saturated rings. The van der Waals surface area contributed by atoms with Crippen molar-refractivity contribution in [1.29, 1.82) is 0 Å². The van der Waals surface area contributed by atoms with Crippen LogP contribution in [0.25, 0.3) is 0 Å². The average Bonchev–Trinajstić information content (AvgIpc) is 2.28. The Morgan fingerprint density at radius 2 is 2.12 bits per heavy atom. The summed E-state index contributed by atoms with van der Waals surface area (Å²) in [5.74, 6) is -0.345. The molecular weight excluding hydrogens is 204 g/mol. The van der Waals surface area contributed by atoms with Gasteiger partial charge in [-0.3, -0.25) is 4.79 Å². The van der Waals surface area contributed by atoms with Gasteiger partial charge in [0.2, 0.25) is 0 Å². The number of aryl methyl sites for hydroxylation is 1. The summed E-state index contributed by atoms with van der Waals surface area (Å²) in [6.45, 7) is 0. The topological polar surface area (TPSA) is 46.5 Å². The summed E-state index contributed by atoms with van der Waals surface area (Å²) in [5, 5.41) is 10.3. The predicted octanol–water partition coefficient (Wildman–Crippen LogP) is 1.47. The van der Waals surface area contributed by atoms with E-state index in [0.717, 1.165) is 12.0 Å². The van der Waals surface area contributed by atoms with Gasteiger partial charge in [-0.1, -0.05) is 24.3 Å². The molecule has 0 radical (unpaired) electrons. The normalized spacial score (nSPS) is 23.6. The molecule has 0 heterocycles. The van der Waals surface area contributed by atoms with Crippen molar-refractivity contribution in [2.24, 2.45) is 0 Å². The highest BCUT2D eigenvalue weighted by Crippen LogP contribution is 2.31. The summed E-state index contributed by atoms with van der Waals surface area (Å²) in [6.07, 6.45) is 2.07. The van der Waals surface area contributed by atoms with E-state index in [2.05, 4.69) is 10.8 Å². The van der Waals surface area contributed by atoms with Crippen molar-refractivity contribution < 1.29 is 14.6 Å². The lowest BCUT2D eigenvalue weighted by Gasteiger charge is -2.32. The number of hydrogen-bond acceptors (Lipinski definition) is 3. The van der Waals surface area contributed by atoms with Gasteiger partial charge in [0.05, 0.1) is 19.1 Å². The van der Waals surface area contributed by atoms with Gasteiger partial charge in [0.15, 0.2) is 0 Å². The Balaban J connectivity index is 2.14. The van der Waals surface area contributed by atoms with Crippen molar-refractivity contribution >= 4 is 5.97 Å². The first kappa shape index (κ1) is 11.1. The van der Waals surface area contributed by atoms with Crippen LogP contribution in [-0.2, 0) is 22.4 Å². The van der Waals surface area contributed by atoms with Crippen molar-refractivity contribution in [2.45, 2.75) is 31.3 Å². The third-order valence-corrected chi connectivity index (χ3v) is 3.20. The highest BCUT2D eigenvalue weighted by molar-refractivity contribution is 5.70. The summed E-state index contributed by atoms with van der Waals surface area (Å²) in [7, 11) is 1.35. The van der Waals surface area contributed by atoms with Crippen LogP contribution < -0.4 is 0 Å². The van der Waals surface area contributed by atoms with Crippen molar-refractivity contribution in [3.05, 3.63) is 35.4 Å². The van der Waals surface area contributed by atoms with Crippen molar-refractivity contribution in [2.75, 3.05) is 7.11 Å². The third-order valence-electron chi connectivity index (χ3n) is 3.20. The van der Waals surface area contributed by atoms with Crippen LogP contribution in [-0.4, -0.2) is 23.8 Å². The highest BCUT2D eigenvalue weighted by Gasteiger charge is 2.34. The molecule has 1 aromatic carbocycles. The molecule has 1 aliphatic rings. The second-order valence-electron chi connectivity index (χ2n) is 4.42. The van der Waals surface area contributed by atoms with E-state index in [0.29, 0.717) is 12.8 Å². The summed E-state index contributed by atoms with van der Waals surface area (Å²) in [5.41, 5.74) is 1.48. The van der Waals surface area contributed by atoms with Gasteiger partial charge in [0.1, 0.15) is 0 Å². The number of methoxy groups -OCH3 is 1. The lowest BCUT2D eigenvalue weighted by Crippen LogP contribution is -2.38. The fourth-order valence-electron chi connectivity index (χ4n) is 2.28. The summed E-state index contributed by atoms with van der Waals surface area (Å²) < 4.78 is 4.61. The second-order valence-corrected chi connectivity index (χ2v) is 4.42. The maximum Gasteiger partial charge on any atom is 0.308 e. The second kappa shape index (κ2) is 4.26. The van der Waals surface area contributed by atoms with Crippen LogP contribution in [0.5, 0.6) is 0 Å². The van der Waals surface area contributed by atoms with E-state index in [-0.39, 0.29) is 12.4 Å². The molecule has 2 rings (SSSR count). The summed E-state index contributed by atoms with van der Waals surface area (Å²) in [6, 6.07) is 8.05. The van der Waals surface area contributed by atoms with E-state index in [1.54, 1.807) is 0 Å². The van der Waals surface area contributed by atoms with E-state index in [1.165, 1.54) is 12.7 Å². The van der Waals surface area contributed by atoms with Crippen LogP contribution in [0.3, 0.4) is 0 Å². The van der Waals surface area contributed by atoms with Crippen LogP contribution in [0.15, 0.2) is 24.3 Å². The van der Waals surface area contributed by atoms with Gasteiger partial charge in [-0.05, 0) is 24.0 Å². The molecule has 1 aromatic rings. The van der Waals surface area contributed by atoms with E-state index in [4.69, 9.17) is 0 Å². The Hall–Kier alpha value is -1.35. The molecule has 0 bridgehead atoms. The Kier molecular flexibility index (Phi) is 2.97. The number of carbonyl (C=O) groups is 1. The predicted molar refractivity (Wildman–Crippen MR) is 60.0 cm³/mol. The molecule has 3 nitrogen and oxygen atoms in total. The van der Waals surface area contributed by atoms with Gasteiger partial charge >= 0.3 is 5.97 Å². The van der Waals surface area contributed by atoms with Crippen LogP contribution in [0, 0.1) is 0 Å². The maximum atomic E-state index is 11.2. The van der Waals surface area contributed by atoms with Crippen molar-refractivity contribution in [3.63, 3.8) is 0 Å². The van der Waals surface area contributed by atoms with Crippen molar-refractivity contribution in [3.8, 4) is 0 Å². The molecule has 0 amide bonds. The zero-order valence-electron chi connectivity index (χ0n) is 9.40.